The van der Waals surface area contributed by atoms with Gasteiger partial charge in [0.15, 0.2) is 5.54 Å². The van der Waals surface area contributed by atoms with Gasteiger partial charge in [0.1, 0.15) is 0 Å². The molecule has 0 aliphatic carbocycles. The van der Waals surface area contributed by atoms with E-state index in [1.165, 1.54) is 9.31 Å². The zero-order valence-electron chi connectivity index (χ0n) is 28.7. The fourth-order valence-corrected chi connectivity index (χ4v) is 8.14. The summed E-state index contributed by atoms with van der Waals surface area (Å²) >= 11 is 6.55. The Morgan fingerprint density at radius 1 is 0.750 bits per heavy atom. The lowest BCUT2D eigenvalue weighted by Crippen LogP contribution is -2.39. The second kappa shape index (κ2) is 15.0. The quantitative estimate of drug-likeness (QED) is 0.0606. The van der Waals surface area contributed by atoms with Crippen molar-refractivity contribution in [2.75, 3.05) is 19.6 Å². The minimum Gasteiger partial charge on any atom is -0.236 e. The first-order valence-electron chi connectivity index (χ1n) is 17.1. The van der Waals surface area contributed by atoms with Crippen LogP contribution in [0.2, 0.25) is 0 Å². The minimum absolute atomic E-state index is 0.186. The van der Waals surface area contributed by atoms with Crippen molar-refractivity contribution in [3.05, 3.63) is 173 Å². The molecular weight excluding hydrogens is 692 g/mol. The van der Waals surface area contributed by atoms with Crippen LogP contribution in [0.5, 0.6) is 0 Å². The first-order valence-corrected chi connectivity index (χ1v) is 18.9. The third kappa shape index (κ3) is 6.66. The molecule has 262 valence electrons. The lowest BCUT2D eigenvalue weighted by atomic mass is 9.77. The van der Waals surface area contributed by atoms with E-state index in [9.17, 15) is 8.42 Å². The fourth-order valence-electron chi connectivity index (χ4n) is 6.72. The molecule has 1 aliphatic heterocycles. The zero-order valence-corrected chi connectivity index (χ0v) is 30.3. The smallest absolute Gasteiger partial charge is 0.236 e. The highest BCUT2D eigenvalue weighted by atomic mass is 35.5. The van der Waals surface area contributed by atoms with Gasteiger partial charge in [0, 0.05) is 24.6 Å². The molecule has 10 nitrogen and oxygen atoms in total. The summed E-state index contributed by atoms with van der Waals surface area (Å²) in [6.45, 7) is 4.41. The molecule has 0 amide bonds. The fraction of sp³-hybridized carbons (Fsp3) is 0.175. The standard InChI is InChI=1S/C40H37ClN8O2S/c1-3-47(4-2)52(50,51)45-39(41)48-29-36(30-17-9-5-10-18-30)37(43-48)31-25-27-32(28-26-31)38-42-46-49(44-38)40(33-19-11-6-12-20-33,34-21-13-7-14-22-34)35-23-15-8-16-24-35/h5-28,36H,3-4,29H2,1-2H3. The van der Waals surface area contributed by atoms with Crippen LogP contribution in [0.3, 0.4) is 0 Å². The van der Waals surface area contributed by atoms with Crippen LogP contribution in [0.25, 0.3) is 11.4 Å². The molecule has 0 bridgehead atoms. The second-order valence-corrected chi connectivity index (χ2v) is 14.2. The number of halogens is 1. The lowest BCUT2D eigenvalue weighted by Gasteiger charge is -2.34. The first kappa shape index (κ1) is 34.9. The molecule has 52 heavy (non-hydrogen) atoms. The Morgan fingerprint density at radius 2 is 1.23 bits per heavy atom. The number of amidine groups is 1. The molecule has 12 heteroatoms. The molecule has 1 atom stereocenters. The second-order valence-electron chi connectivity index (χ2n) is 12.2. The Kier molecular flexibility index (Phi) is 10.1. The van der Waals surface area contributed by atoms with Crippen LogP contribution in [0.4, 0.5) is 0 Å². The molecule has 1 aromatic heterocycles. The van der Waals surface area contributed by atoms with E-state index in [-0.39, 0.29) is 24.3 Å². The molecule has 6 aromatic rings. The number of benzene rings is 5. The Labute approximate surface area is 308 Å². The summed E-state index contributed by atoms with van der Waals surface area (Å²) in [6.07, 6.45) is 0. The van der Waals surface area contributed by atoms with Crippen LogP contribution in [0.1, 0.15) is 47.6 Å². The SMILES string of the molecule is CCN(CC)S(=O)(=O)N=C(Cl)N1CC(c2ccccc2)C(c2ccc(-c3nnn(C(c4ccccc4)(c4ccccc4)c4ccccc4)n3)cc2)=N1. The minimum atomic E-state index is -3.97. The van der Waals surface area contributed by atoms with Crippen LogP contribution in [-0.2, 0) is 15.7 Å². The largest absolute Gasteiger partial charge is 0.325 e. The predicted octanol–water partition coefficient (Wildman–Crippen LogP) is 7.17. The number of hydrogen-bond acceptors (Lipinski definition) is 6. The van der Waals surface area contributed by atoms with Crippen molar-refractivity contribution in [1.82, 2.24) is 29.5 Å². The van der Waals surface area contributed by atoms with Crippen molar-refractivity contribution in [3.8, 4) is 11.4 Å². The maximum Gasteiger partial charge on any atom is 0.325 e. The van der Waals surface area contributed by atoms with Gasteiger partial charge in [-0.1, -0.05) is 159 Å². The summed E-state index contributed by atoms with van der Waals surface area (Å²) in [6, 6.07) is 48.4. The number of hydrogen-bond donors (Lipinski definition) is 0. The van der Waals surface area contributed by atoms with Crippen LogP contribution < -0.4 is 0 Å². The van der Waals surface area contributed by atoms with E-state index in [1.807, 2.05) is 109 Å². The van der Waals surface area contributed by atoms with Crippen molar-refractivity contribution < 1.29 is 8.42 Å². The predicted molar refractivity (Wildman–Crippen MR) is 205 cm³/mol. The molecule has 2 heterocycles. The molecule has 0 fully saturated rings. The maximum absolute atomic E-state index is 12.9. The van der Waals surface area contributed by atoms with Gasteiger partial charge in [0.05, 0.1) is 12.3 Å². The van der Waals surface area contributed by atoms with Gasteiger partial charge in [-0.25, -0.2) is 5.01 Å². The highest BCUT2D eigenvalue weighted by molar-refractivity contribution is 7.88. The summed E-state index contributed by atoms with van der Waals surface area (Å²) in [7, 11) is -3.97. The Bertz CT molecular complexity index is 2180. The van der Waals surface area contributed by atoms with E-state index < -0.39 is 15.7 Å². The molecule has 0 radical (unpaired) electrons. The highest BCUT2D eigenvalue weighted by Crippen LogP contribution is 2.40. The summed E-state index contributed by atoms with van der Waals surface area (Å²) in [5.41, 5.74) is 5.47. The third-order valence-corrected chi connectivity index (χ3v) is 11.2. The van der Waals surface area contributed by atoms with Crippen molar-refractivity contribution >= 4 is 32.8 Å². The normalized spacial score (nSPS) is 15.2. The van der Waals surface area contributed by atoms with Gasteiger partial charge in [-0.3, -0.25) is 0 Å². The molecule has 0 saturated carbocycles. The molecule has 5 aromatic carbocycles. The van der Waals surface area contributed by atoms with Gasteiger partial charge in [-0.2, -0.15) is 17.8 Å². The summed E-state index contributed by atoms with van der Waals surface area (Å²) in [5.74, 6) is 0.277. The first-order chi connectivity index (χ1) is 25.3. The van der Waals surface area contributed by atoms with Crippen molar-refractivity contribution in [3.63, 3.8) is 0 Å². The maximum atomic E-state index is 12.9. The zero-order chi connectivity index (χ0) is 36.1. The van der Waals surface area contributed by atoms with Gasteiger partial charge in [-0.05, 0) is 44.6 Å². The molecule has 1 unspecified atom stereocenters. The average Bonchev–Trinajstić information content (AvgIpc) is 3.87. The van der Waals surface area contributed by atoms with Crippen LogP contribution >= 0.6 is 11.6 Å². The number of tetrazole rings is 1. The topological polar surface area (TPSA) is 109 Å². The molecule has 1 aliphatic rings. The summed E-state index contributed by atoms with van der Waals surface area (Å²) in [5, 5.41) is 20.3. The Morgan fingerprint density at radius 3 is 1.73 bits per heavy atom. The van der Waals surface area contributed by atoms with E-state index in [0.29, 0.717) is 12.4 Å². The average molecular weight is 729 g/mol. The van der Waals surface area contributed by atoms with Crippen LogP contribution in [-0.4, -0.2) is 68.6 Å². The van der Waals surface area contributed by atoms with Gasteiger partial charge in [0.25, 0.3) is 0 Å². The van der Waals surface area contributed by atoms with E-state index >= 15 is 0 Å². The number of nitrogens with zero attached hydrogens (tertiary/aromatic N) is 8. The molecular formula is C40H37ClN8O2S. The summed E-state index contributed by atoms with van der Waals surface area (Å²) in [4.78, 5) is 1.70. The highest BCUT2D eigenvalue weighted by Gasteiger charge is 2.41. The van der Waals surface area contributed by atoms with E-state index in [4.69, 9.17) is 21.8 Å². The van der Waals surface area contributed by atoms with Crippen molar-refractivity contribution in [2.45, 2.75) is 25.3 Å². The van der Waals surface area contributed by atoms with E-state index in [1.54, 1.807) is 18.6 Å². The third-order valence-electron chi connectivity index (χ3n) is 9.28. The molecule has 7 rings (SSSR count). The van der Waals surface area contributed by atoms with Crippen molar-refractivity contribution in [1.29, 1.82) is 0 Å². The number of aromatic nitrogens is 4. The number of rotatable bonds is 11. The van der Waals surface area contributed by atoms with Gasteiger partial charge in [0.2, 0.25) is 11.1 Å². The Hall–Kier alpha value is -5.49. The van der Waals surface area contributed by atoms with Gasteiger partial charge < -0.3 is 0 Å². The van der Waals surface area contributed by atoms with E-state index in [0.717, 1.165) is 39.1 Å². The Balaban J connectivity index is 1.27. The van der Waals surface area contributed by atoms with E-state index in [2.05, 4.69) is 51.1 Å². The lowest BCUT2D eigenvalue weighted by molar-refractivity contribution is 0.396. The monoisotopic (exact) mass is 728 g/mol. The van der Waals surface area contributed by atoms with Gasteiger partial charge in [-0.15, -0.1) is 19.4 Å². The van der Waals surface area contributed by atoms with Crippen LogP contribution in [0.15, 0.2) is 155 Å². The summed E-state index contributed by atoms with van der Waals surface area (Å²) < 4.78 is 31.0. The van der Waals surface area contributed by atoms with Crippen molar-refractivity contribution in [2.24, 2.45) is 9.50 Å². The molecule has 0 N–H and O–H groups in total. The molecule has 0 saturated heterocycles. The van der Waals surface area contributed by atoms with Crippen LogP contribution in [0, 0.1) is 0 Å². The molecule has 0 spiro atoms. The van der Waals surface area contributed by atoms with Gasteiger partial charge >= 0.3 is 10.2 Å². The number of hydrazone groups is 1.